The van der Waals surface area contributed by atoms with Crippen LogP contribution in [0.15, 0.2) is 48.2 Å². The number of hydrogen-bond acceptors (Lipinski definition) is 10. The van der Waals surface area contributed by atoms with Crippen LogP contribution >= 0.6 is 22.9 Å². The summed E-state index contributed by atoms with van der Waals surface area (Å²) in [6.07, 6.45) is 4.39. The van der Waals surface area contributed by atoms with Crippen molar-refractivity contribution in [2.45, 2.75) is 43.4 Å². The molecule has 38 heavy (non-hydrogen) atoms. The molecule has 202 valence electrons. The molecular weight excluding hydrogens is 552 g/mol. The van der Waals surface area contributed by atoms with Gasteiger partial charge < -0.3 is 15.5 Å². The highest BCUT2D eigenvalue weighted by Gasteiger charge is 2.47. The molecule has 5 rings (SSSR count). The van der Waals surface area contributed by atoms with Gasteiger partial charge >= 0.3 is 10.3 Å². The van der Waals surface area contributed by atoms with Crippen molar-refractivity contribution in [2.24, 2.45) is 17.0 Å². The zero-order valence-electron chi connectivity index (χ0n) is 20.2. The van der Waals surface area contributed by atoms with Crippen LogP contribution in [-0.2, 0) is 20.1 Å². The van der Waals surface area contributed by atoms with Crippen LogP contribution in [0.3, 0.4) is 0 Å². The Balaban J connectivity index is 1.35. The molecule has 0 spiro atoms. The molecule has 0 bridgehead atoms. The van der Waals surface area contributed by atoms with Crippen LogP contribution in [0.2, 0.25) is 5.02 Å². The lowest BCUT2D eigenvalue weighted by atomic mass is 9.83. The number of carbonyl (C=O) groups excluding carboxylic acids is 1. The predicted molar refractivity (Wildman–Crippen MR) is 142 cm³/mol. The Morgan fingerprint density at radius 3 is 2.76 bits per heavy atom. The largest absolute Gasteiger partial charge is 0.393 e. The number of nitrogens with zero attached hydrogens (tertiary/aromatic N) is 2. The summed E-state index contributed by atoms with van der Waals surface area (Å²) >= 11 is 7.44. The van der Waals surface area contributed by atoms with Gasteiger partial charge in [0.15, 0.2) is 0 Å². The maximum absolute atomic E-state index is 13.5. The molecule has 2 aliphatic rings. The summed E-state index contributed by atoms with van der Waals surface area (Å²) in [7, 11) is -4.11. The maximum Gasteiger partial charge on any atom is 0.333 e. The Labute approximate surface area is 229 Å². The Kier molecular flexibility index (Phi) is 7.57. The molecule has 2 fully saturated rings. The minimum atomic E-state index is -4.11. The minimum absolute atomic E-state index is 0.0378. The fourth-order valence-corrected chi connectivity index (χ4v) is 6.51. The summed E-state index contributed by atoms with van der Waals surface area (Å²) < 4.78 is 26.9. The van der Waals surface area contributed by atoms with Crippen molar-refractivity contribution < 1.29 is 27.6 Å². The Bertz CT molecular complexity index is 1450. The Morgan fingerprint density at radius 2 is 2.05 bits per heavy atom. The summed E-state index contributed by atoms with van der Waals surface area (Å²) in [6.45, 7) is -0.234. The fraction of sp³-hybridized carbons (Fsp3) is 0.400. The molecule has 3 aromatic rings. The summed E-state index contributed by atoms with van der Waals surface area (Å²) in [6, 6.07) is 8.58. The number of benzene rings is 1. The molecule has 1 aromatic carbocycles. The lowest BCUT2D eigenvalue weighted by Crippen LogP contribution is -2.29. The standard InChI is InChI=1S/C25H27ClN4O6S2/c26-18-3-1-2-16(7-18)25(33,15-4-5-15)17-8-22(37-12-17)23(32)20-10-28-13-29-24(20)30-19-6-14(21(31)9-19)11-36-38(27,34)35/h1-3,7-8,10,12-15,19,21,31,33H,4-6,9,11H2,(H2,27,34,35)(H,28,29,30)/t14-,19-,21+,25+/m1/s1. The zero-order valence-corrected chi connectivity index (χ0v) is 22.5. The number of thiophene rings is 1. The fourth-order valence-electron chi connectivity index (χ4n) is 5.04. The molecule has 2 saturated carbocycles. The number of aromatic nitrogens is 2. The summed E-state index contributed by atoms with van der Waals surface area (Å²) in [5, 5.41) is 32.5. The van der Waals surface area contributed by atoms with Crippen molar-refractivity contribution in [3.63, 3.8) is 0 Å². The Morgan fingerprint density at radius 1 is 1.26 bits per heavy atom. The van der Waals surface area contributed by atoms with Crippen molar-refractivity contribution in [1.29, 1.82) is 0 Å². The average Bonchev–Trinajstić information content (AvgIpc) is 3.51. The SMILES string of the molecule is NS(=O)(=O)OC[C@H]1C[C@@H](Nc2ncncc2C(=O)c2cc([C@@](O)(c3cccc(Cl)c3)C3CC3)cs2)C[C@@H]1O. The molecule has 0 saturated heterocycles. The van der Waals surface area contributed by atoms with E-state index in [1.165, 1.54) is 23.9 Å². The quantitative estimate of drug-likeness (QED) is 0.265. The first kappa shape index (κ1) is 27.1. The van der Waals surface area contributed by atoms with Gasteiger partial charge in [-0.1, -0.05) is 23.7 Å². The van der Waals surface area contributed by atoms with Gasteiger partial charge in [0.2, 0.25) is 5.78 Å². The van der Waals surface area contributed by atoms with Crippen LogP contribution in [0.5, 0.6) is 0 Å². The van der Waals surface area contributed by atoms with Crippen LogP contribution < -0.4 is 10.5 Å². The van der Waals surface area contributed by atoms with Crippen LogP contribution in [0, 0.1) is 11.8 Å². The predicted octanol–water partition coefficient (Wildman–Crippen LogP) is 2.84. The molecule has 2 aromatic heterocycles. The van der Waals surface area contributed by atoms with E-state index in [-0.39, 0.29) is 29.9 Å². The smallest absolute Gasteiger partial charge is 0.333 e. The van der Waals surface area contributed by atoms with Crippen LogP contribution in [0.1, 0.15) is 52.0 Å². The molecule has 5 N–H and O–H groups in total. The molecule has 10 nitrogen and oxygen atoms in total. The molecule has 2 heterocycles. The number of rotatable bonds is 10. The molecule has 0 radical (unpaired) electrons. The second-order valence-electron chi connectivity index (χ2n) is 9.78. The number of nitrogens with one attached hydrogen (secondary N) is 1. The molecule has 4 atom stereocenters. The Hall–Kier alpha value is -2.45. The van der Waals surface area contributed by atoms with E-state index in [0.29, 0.717) is 39.7 Å². The van der Waals surface area contributed by atoms with Gasteiger partial charge in [-0.2, -0.15) is 8.42 Å². The van der Waals surface area contributed by atoms with Gasteiger partial charge in [-0.15, -0.1) is 11.3 Å². The van der Waals surface area contributed by atoms with Crippen molar-refractivity contribution >= 4 is 44.8 Å². The third kappa shape index (κ3) is 5.76. The van der Waals surface area contributed by atoms with Crippen molar-refractivity contribution in [3.8, 4) is 0 Å². The normalized spacial score (nSPS) is 23.2. The number of aliphatic hydroxyl groups is 2. The maximum atomic E-state index is 13.5. The van der Waals surface area contributed by atoms with Gasteiger partial charge in [0.05, 0.1) is 23.2 Å². The van der Waals surface area contributed by atoms with Crippen LogP contribution in [0.25, 0.3) is 0 Å². The lowest BCUT2D eigenvalue weighted by molar-refractivity contribution is 0.0568. The second-order valence-corrected chi connectivity index (χ2v) is 12.4. The van der Waals surface area contributed by atoms with E-state index in [1.807, 2.05) is 6.07 Å². The van der Waals surface area contributed by atoms with Crippen LogP contribution in [-0.4, -0.2) is 53.1 Å². The van der Waals surface area contributed by atoms with Gasteiger partial charge in [0.25, 0.3) is 0 Å². The van der Waals surface area contributed by atoms with Crippen molar-refractivity contribution in [1.82, 2.24) is 9.97 Å². The number of aliphatic hydroxyl groups excluding tert-OH is 1. The van der Waals surface area contributed by atoms with E-state index in [9.17, 15) is 23.4 Å². The van der Waals surface area contributed by atoms with Crippen molar-refractivity contribution in [2.75, 3.05) is 11.9 Å². The number of hydrogen-bond donors (Lipinski definition) is 4. The number of anilines is 1. The van der Waals surface area contributed by atoms with E-state index in [4.69, 9.17) is 16.7 Å². The van der Waals surface area contributed by atoms with E-state index in [1.54, 1.807) is 29.6 Å². The molecule has 13 heteroatoms. The molecule has 0 aliphatic heterocycles. The van der Waals surface area contributed by atoms with Gasteiger partial charge in [-0.3, -0.25) is 8.98 Å². The third-order valence-electron chi connectivity index (χ3n) is 7.10. The molecule has 0 amide bonds. The minimum Gasteiger partial charge on any atom is -0.393 e. The van der Waals surface area contributed by atoms with Crippen LogP contribution in [0.4, 0.5) is 5.82 Å². The lowest BCUT2D eigenvalue weighted by Gasteiger charge is -2.28. The monoisotopic (exact) mass is 578 g/mol. The second kappa shape index (κ2) is 10.6. The average molecular weight is 579 g/mol. The number of ketones is 1. The van der Waals surface area contributed by atoms with E-state index in [0.717, 1.165) is 12.8 Å². The van der Waals surface area contributed by atoms with Gasteiger partial charge in [-0.05, 0) is 66.3 Å². The third-order valence-corrected chi connectivity index (χ3v) is 8.73. The summed E-state index contributed by atoms with van der Waals surface area (Å²) in [4.78, 5) is 22.2. The summed E-state index contributed by atoms with van der Waals surface area (Å²) in [5.41, 5.74) is 0.328. The highest BCUT2D eigenvalue weighted by Crippen LogP contribution is 2.51. The molecular formula is C25H27ClN4O6S2. The number of nitrogens with two attached hydrogens (primary N) is 1. The first-order valence-corrected chi connectivity index (χ1v) is 14.8. The summed E-state index contributed by atoms with van der Waals surface area (Å²) in [5.74, 6) is -0.409. The van der Waals surface area contributed by atoms with Crippen molar-refractivity contribution in [3.05, 3.63) is 74.8 Å². The first-order chi connectivity index (χ1) is 18.0. The topological polar surface area (TPSA) is 165 Å². The zero-order chi connectivity index (χ0) is 27.1. The van der Waals surface area contributed by atoms with Gasteiger partial charge in [0, 0.05) is 23.2 Å². The van der Waals surface area contributed by atoms with E-state index < -0.39 is 27.9 Å². The van der Waals surface area contributed by atoms with Gasteiger partial charge in [0.1, 0.15) is 17.7 Å². The number of carbonyl (C=O) groups is 1. The van der Waals surface area contributed by atoms with E-state index >= 15 is 0 Å². The van der Waals surface area contributed by atoms with Gasteiger partial charge in [-0.25, -0.2) is 15.1 Å². The molecule has 2 aliphatic carbocycles. The first-order valence-electron chi connectivity index (χ1n) is 12.1. The highest BCUT2D eigenvalue weighted by atomic mass is 35.5. The highest BCUT2D eigenvalue weighted by molar-refractivity contribution is 7.84. The number of halogens is 1. The molecule has 0 unspecified atom stereocenters. The van der Waals surface area contributed by atoms with E-state index in [2.05, 4.69) is 19.5 Å².